The minimum absolute atomic E-state index is 0.555. The Morgan fingerprint density at radius 3 is 2.69 bits per heavy atom. The first-order valence-corrected chi connectivity index (χ1v) is 5.59. The summed E-state index contributed by atoms with van der Waals surface area (Å²) in [5.74, 6) is 0.905. The summed E-state index contributed by atoms with van der Waals surface area (Å²) >= 11 is 0. The number of methoxy groups -OCH3 is 1. The van der Waals surface area contributed by atoms with Crippen LogP contribution in [0, 0.1) is 6.92 Å². The predicted molar refractivity (Wildman–Crippen MR) is 66.9 cm³/mol. The fourth-order valence-electron chi connectivity index (χ4n) is 2.24. The first-order valence-electron chi connectivity index (χ1n) is 5.59. The quantitative estimate of drug-likeness (QED) is 0.831. The second-order valence-corrected chi connectivity index (χ2v) is 4.01. The molecule has 16 heavy (non-hydrogen) atoms. The fraction of sp³-hybridized carbons (Fsp3) is 0.385. The van der Waals surface area contributed by atoms with Crippen molar-refractivity contribution in [3.63, 3.8) is 0 Å². The third kappa shape index (κ3) is 1.57. The van der Waals surface area contributed by atoms with Crippen LogP contribution in [0.15, 0.2) is 12.1 Å². The summed E-state index contributed by atoms with van der Waals surface area (Å²) in [4.78, 5) is 3.40. The molecule has 1 aromatic carbocycles. The summed E-state index contributed by atoms with van der Waals surface area (Å²) in [5, 5.41) is 1.24. The Kier molecular flexibility index (Phi) is 2.88. The average Bonchev–Trinajstić information content (AvgIpc) is 2.66. The monoisotopic (exact) mass is 218 g/mol. The number of hydrogen-bond donors (Lipinski definition) is 2. The van der Waals surface area contributed by atoms with E-state index in [1.165, 1.54) is 22.0 Å². The Morgan fingerprint density at radius 2 is 2.12 bits per heavy atom. The Labute approximate surface area is 95.6 Å². The van der Waals surface area contributed by atoms with Crippen molar-refractivity contribution in [2.75, 3.05) is 7.11 Å². The lowest BCUT2D eigenvalue weighted by molar-refractivity contribution is 0.415. The number of nitrogens with two attached hydrogens (primary N) is 1. The topological polar surface area (TPSA) is 51.0 Å². The molecule has 0 bridgehead atoms. The molecule has 1 heterocycles. The Balaban J connectivity index is 2.77. The Hall–Kier alpha value is -1.48. The Bertz CT molecular complexity index is 514. The predicted octanol–water partition coefficient (Wildman–Crippen LogP) is 2.51. The number of ether oxygens (including phenoxy) is 1. The molecule has 3 nitrogen and oxygen atoms in total. The molecule has 0 atom stereocenters. The van der Waals surface area contributed by atoms with Crippen molar-refractivity contribution in [1.82, 2.24) is 4.98 Å². The van der Waals surface area contributed by atoms with Gasteiger partial charge in [-0.1, -0.05) is 6.92 Å². The molecule has 3 N–H and O–H groups in total. The van der Waals surface area contributed by atoms with E-state index in [2.05, 4.69) is 24.9 Å². The highest BCUT2D eigenvalue weighted by Crippen LogP contribution is 2.29. The van der Waals surface area contributed by atoms with E-state index in [-0.39, 0.29) is 0 Å². The van der Waals surface area contributed by atoms with E-state index in [1.54, 1.807) is 7.11 Å². The second-order valence-electron chi connectivity index (χ2n) is 4.01. The van der Waals surface area contributed by atoms with E-state index >= 15 is 0 Å². The van der Waals surface area contributed by atoms with Crippen molar-refractivity contribution in [2.24, 2.45) is 5.73 Å². The minimum Gasteiger partial charge on any atom is -0.497 e. The zero-order valence-electron chi connectivity index (χ0n) is 10.1. The number of rotatable bonds is 3. The van der Waals surface area contributed by atoms with E-state index < -0.39 is 0 Å². The summed E-state index contributed by atoms with van der Waals surface area (Å²) in [6, 6.07) is 4.12. The standard InChI is InChI=1S/C13H18N2O/c1-4-10-11-6-9(16-3)5-8(2)13(11)15-12(10)7-14/h5-6,15H,4,7,14H2,1-3H3. The molecule has 3 heteroatoms. The molecule has 0 amide bonds. The molecule has 86 valence electrons. The van der Waals surface area contributed by atoms with Gasteiger partial charge in [0.15, 0.2) is 0 Å². The van der Waals surface area contributed by atoms with Gasteiger partial charge in [0, 0.05) is 23.1 Å². The summed E-state index contributed by atoms with van der Waals surface area (Å²) in [6.45, 7) is 4.79. The number of benzene rings is 1. The van der Waals surface area contributed by atoms with Gasteiger partial charge in [-0.05, 0) is 36.6 Å². The zero-order chi connectivity index (χ0) is 11.7. The molecule has 0 aliphatic heterocycles. The van der Waals surface area contributed by atoms with Gasteiger partial charge in [-0.3, -0.25) is 0 Å². The highest BCUT2D eigenvalue weighted by atomic mass is 16.5. The summed E-state index contributed by atoms with van der Waals surface area (Å²) in [5.41, 5.74) is 10.6. The van der Waals surface area contributed by atoms with Crippen LogP contribution in [-0.4, -0.2) is 12.1 Å². The molecule has 0 unspecified atom stereocenters. The molecule has 2 aromatic rings. The largest absolute Gasteiger partial charge is 0.497 e. The summed E-state index contributed by atoms with van der Waals surface area (Å²) in [7, 11) is 1.70. The lowest BCUT2D eigenvalue weighted by atomic mass is 10.1. The second kappa shape index (κ2) is 4.18. The maximum absolute atomic E-state index is 5.75. The third-order valence-corrected chi connectivity index (χ3v) is 3.07. The molecule has 0 fully saturated rings. The smallest absolute Gasteiger partial charge is 0.119 e. The number of aryl methyl sites for hydroxylation is 2. The van der Waals surface area contributed by atoms with Gasteiger partial charge in [-0.2, -0.15) is 0 Å². The molecule has 0 radical (unpaired) electrons. The van der Waals surface area contributed by atoms with E-state index in [0.29, 0.717) is 6.54 Å². The molecule has 2 rings (SSSR count). The maximum atomic E-state index is 5.75. The number of aromatic amines is 1. The fourth-order valence-corrected chi connectivity index (χ4v) is 2.24. The van der Waals surface area contributed by atoms with Crippen LogP contribution < -0.4 is 10.5 Å². The molecule has 0 aliphatic rings. The van der Waals surface area contributed by atoms with Crippen LogP contribution >= 0.6 is 0 Å². The van der Waals surface area contributed by atoms with Crippen molar-refractivity contribution in [2.45, 2.75) is 26.8 Å². The summed E-state index contributed by atoms with van der Waals surface area (Å²) in [6.07, 6.45) is 0.985. The van der Waals surface area contributed by atoms with Crippen LogP contribution in [0.1, 0.15) is 23.7 Å². The molecule has 0 saturated heterocycles. The zero-order valence-corrected chi connectivity index (χ0v) is 10.1. The normalized spacial score (nSPS) is 11.0. The van der Waals surface area contributed by atoms with Gasteiger partial charge in [0.05, 0.1) is 7.11 Å². The highest BCUT2D eigenvalue weighted by molar-refractivity contribution is 5.88. The van der Waals surface area contributed by atoms with Gasteiger partial charge in [0.2, 0.25) is 0 Å². The average molecular weight is 218 g/mol. The Morgan fingerprint density at radius 1 is 1.38 bits per heavy atom. The van der Waals surface area contributed by atoms with Crippen LogP contribution in [0.4, 0.5) is 0 Å². The van der Waals surface area contributed by atoms with Gasteiger partial charge in [0.1, 0.15) is 5.75 Å². The lowest BCUT2D eigenvalue weighted by Gasteiger charge is -2.03. The maximum Gasteiger partial charge on any atom is 0.119 e. The van der Waals surface area contributed by atoms with Gasteiger partial charge in [-0.15, -0.1) is 0 Å². The van der Waals surface area contributed by atoms with Gasteiger partial charge in [0.25, 0.3) is 0 Å². The molecule has 0 spiro atoms. The number of H-pyrrole nitrogens is 1. The third-order valence-electron chi connectivity index (χ3n) is 3.07. The number of hydrogen-bond acceptors (Lipinski definition) is 2. The van der Waals surface area contributed by atoms with Crippen LogP contribution in [-0.2, 0) is 13.0 Å². The van der Waals surface area contributed by atoms with Crippen molar-refractivity contribution >= 4 is 10.9 Å². The SMILES string of the molecule is CCc1c(CN)[nH]c2c(C)cc(OC)cc12. The van der Waals surface area contributed by atoms with Crippen LogP contribution in [0.25, 0.3) is 10.9 Å². The van der Waals surface area contributed by atoms with Crippen molar-refractivity contribution in [3.05, 3.63) is 29.0 Å². The molecular weight excluding hydrogens is 200 g/mol. The van der Waals surface area contributed by atoms with Crippen LogP contribution in [0.5, 0.6) is 5.75 Å². The molecular formula is C13H18N2O. The van der Waals surface area contributed by atoms with E-state index in [4.69, 9.17) is 10.5 Å². The van der Waals surface area contributed by atoms with Crippen LogP contribution in [0.2, 0.25) is 0 Å². The first-order chi connectivity index (χ1) is 7.71. The number of fused-ring (bicyclic) bond motifs is 1. The lowest BCUT2D eigenvalue weighted by Crippen LogP contribution is -1.99. The van der Waals surface area contributed by atoms with E-state index in [9.17, 15) is 0 Å². The first kappa shape index (κ1) is 11.0. The van der Waals surface area contributed by atoms with Crippen molar-refractivity contribution in [3.8, 4) is 5.75 Å². The molecule has 0 aliphatic carbocycles. The van der Waals surface area contributed by atoms with Gasteiger partial charge < -0.3 is 15.5 Å². The van der Waals surface area contributed by atoms with Crippen LogP contribution in [0.3, 0.4) is 0 Å². The number of aromatic nitrogens is 1. The van der Waals surface area contributed by atoms with E-state index in [1.807, 2.05) is 6.07 Å². The van der Waals surface area contributed by atoms with Crippen molar-refractivity contribution in [1.29, 1.82) is 0 Å². The van der Waals surface area contributed by atoms with Crippen molar-refractivity contribution < 1.29 is 4.74 Å². The number of nitrogens with one attached hydrogen (secondary N) is 1. The minimum atomic E-state index is 0.555. The highest BCUT2D eigenvalue weighted by Gasteiger charge is 2.11. The van der Waals surface area contributed by atoms with E-state index in [0.717, 1.165) is 17.9 Å². The van der Waals surface area contributed by atoms with Gasteiger partial charge >= 0.3 is 0 Å². The van der Waals surface area contributed by atoms with Gasteiger partial charge in [-0.25, -0.2) is 0 Å². The molecule has 0 saturated carbocycles. The summed E-state index contributed by atoms with van der Waals surface area (Å²) < 4.78 is 5.30. The molecule has 1 aromatic heterocycles.